The van der Waals surface area contributed by atoms with Crippen molar-refractivity contribution in [2.75, 3.05) is 23.3 Å². The van der Waals surface area contributed by atoms with Crippen LogP contribution in [0.15, 0.2) is 102 Å². The quantitative estimate of drug-likeness (QED) is 0.302. The summed E-state index contributed by atoms with van der Waals surface area (Å²) < 4.78 is 2.98. The van der Waals surface area contributed by atoms with Crippen molar-refractivity contribution in [1.29, 1.82) is 0 Å². The van der Waals surface area contributed by atoms with Gasteiger partial charge in [-0.2, -0.15) is 4.68 Å². The molecule has 0 spiro atoms. The SMILES string of the molecule is O=C(Nc1ccc2c(c1)CCC2)C(c1ccccc1)C1CCN(c2ccc(-n3nc4ccccn4c3=O)cc2)CC1. The standard InChI is InChI=1S/C34H33N5O2/c40-33(35-28-13-12-24-9-6-10-27(24)23-28)32(25-7-2-1-3-8-25)26-18-21-37(22-19-26)29-14-16-30(17-15-29)39-34(41)38-20-5-4-11-31(38)36-39/h1-5,7-8,11-17,20,23,26,32H,6,9-10,18-19,21-22H2,(H,35,40). The summed E-state index contributed by atoms with van der Waals surface area (Å²) in [5, 5.41) is 7.72. The van der Waals surface area contributed by atoms with Crippen molar-refractivity contribution in [2.45, 2.75) is 38.0 Å². The number of nitrogens with zero attached hydrogens (tertiary/aromatic N) is 4. The fraction of sp³-hybridized carbons (Fsp3) is 0.265. The summed E-state index contributed by atoms with van der Waals surface area (Å²) in [6, 6.07) is 30.1. The number of benzene rings is 3. The highest BCUT2D eigenvalue weighted by molar-refractivity contribution is 5.96. The zero-order chi connectivity index (χ0) is 27.8. The van der Waals surface area contributed by atoms with E-state index in [1.54, 1.807) is 10.6 Å². The highest BCUT2D eigenvalue weighted by Gasteiger charge is 2.33. The summed E-state index contributed by atoms with van der Waals surface area (Å²) in [7, 11) is 0. The number of aryl methyl sites for hydroxylation is 2. The van der Waals surface area contributed by atoms with Crippen LogP contribution in [0.2, 0.25) is 0 Å². The third-order valence-electron chi connectivity index (χ3n) is 8.71. The van der Waals surface area contributed by atoms with E-state index in [-0.39, 0.29) is 23.4 Å². The second-order valence-corrected chi connectivity index (χ2v) is 11.2. The molecule has 1 unspecified atom stereocenters. The molecule has 3 aromatic carbocycles. The van der Waals surface area contributed by atoms with Gasteiger partial charge in [0.25, 0.3) is 0 Å². The maximum Gasteiger partial charge on any atom is 0.355 e. The lowest BCUT2D eigenvalue weighted by atomic mass is 9.79. The largest absolute Gasteiger partial charge is 0.372 e. The Balaban J connectivity index is 1.06. The highest BCUT2D eigenvalue weighted by atomic mass is 16.2. The van der Waals surface area contributed by atoms with Crippen molar-refractivity contribution < 1.29 is 4.79 Å². The lowest BCUT2D eigenvalue weighted by molar-refractivity contribution is -0.118. The molecule has 7 heteroatoms. The van der Waals surface area contributed by atoms with Gasteiger partial charge in [0, 0.05) is 30.7 Å². The number of rotatable bonds is 6. The summed E-state index contributed by atoms with van der Waals surface area (Å²) in [5.41, 5.74) is 7.05. The van der Waals surface area contributed by atoms with Crippen LogP contribution in [0.3, 0.4) is 0 Å². The predicted molar refractivity (Wildman–Crippen MR) is 162 cm³/mol. The molecule has 0 bridgehead atoms. The van der Waals surface area contributed by atoms with Gasteiger partial charge in [-0.3, -0.25) is 4.79 Å². The van der Waals surface area contributed by atoms with Gasteiger partial charge >= 0.3 is 5.69 Å². The molecule has 5 aromatic rings. The van der Waals surface area contributed by atoms with Crippen molar-refractivity contribution >= 4 is 22.9 Å². The number of nitrogens with one attached hydrogen (secondary N) is 1. The van der Waals surface area contributed by atoms with E-state index in [1.807, 2.05) is 48.5 Å². The minimum absolute atomic E-state index is 0.0786. The minimum atomic E-state index is -0.198. The highest BCUT2D eigenvalue weighted by Crippen LogP contribution is 2.36. The third kappa shape index (κ3) is 4.92. The van der Waals surface area contributed by atoms with Crippen LogP contribution in [0.1, 0.15) is 41.9 Å². The Hall–Kier alpha value is -4.65. The minimum Gasteiger partial charge on any atom is -0.372 e. The molecule has 1 amide bonds. The molecule has 3 heterocycles. The third-order valence-corrected chi connectivity index (χ3v) is 8.71. The summed E-state index contributed by atoms with van der Waals surface area (Å²) >= 11 is 0. The van der Waals surface area contributed by atoms with Crippen LogP contribution in [0.25, 0.3) is 11.3 Å². The Morgan fingerprint density at radius 2 is 1.56 bits per heavy atom. The number of carbonyl (C=O) groups is 1. The average Bonchev–Trinajstić information content (AvgIpc) is 3.62. The van der Waals surface area contributed by atoms with Crippen LogP contribution in [0.4, 0.5) is 11.4 Å². The molecular weight excluding hydrogens is 510 g/mol. The average molecular weight is 544 g/mol. The van der Waals surface area contributed by atoms with Crippen LogP contribution < -0.4 is 15.9 Å². The summed E-state index contributed by atoms with van der Waals surface area (Å²) in [6.45, 7) is 1.74. The molecule has 0 saturated carbocycles. The second kappa shape index (κ2) is 10.7. The number of hydrogen-bond donors (Lipinski definition) is 1. The first kappa shape index (κ1) is 25.3. The van der Waals surface area contributed by atoms with E-state index in [9.17, 15) is 9.59 Å². The van der Waals surface area contributed by atoms with Crippen molar-refractivity contribution in [1.82, 2.24) is 14.2 Å². The molecule has 1 N–H and O–H groups in total. The molecule has 7 rings (SSSR count). The number of hydrogen-bond acceptors (Lipinski definition) is 4. The molecule has 1 atom stereocenters. The van der Waals surface area contributed by atoms with E-state index >= 15 is 0 Å². The van der Waals surface area contributed by atoms with Gasteiger partial charge in [0.1, 0.15) is 0 Å². The van der Waals surface area contributed by atoms with Gasteiger partial charge in [0.05, 0.1) is 11.6 Å². The van der Waals surface area contributed by atoms with Gasteiger partial charge in [-0.05, 0) is 103 Å². The molecule has 7 nitrogen and oxygen atoms in total. The first-order valence-electron chi connectivity index (χ1n) is 14.5. The molecule has 2 aromatic heterocycles. The molecule has 206 valence electrons. The normalized spacial score (nSPS) is 16.0. The van der Waals surface area contributed by atoms with Gasteiger partial charge in [-0.15, -0.1) is 5.10 Å². The van der Waals surface area contributed by atoms with Crippen LogP contribution in [-0.4, -0.2) is 33.2 Å². The Labute approximate surface area is 239 Å². The number of piperidine rings is 1. The van der Waals surface area contributed by atoms with E-state index in [1.165, 1.54) is 22.2 Å². The van der Waals surface area contributed by atoms with Crippen LogP contribution in [0.5, 0.6) is 0 Å². The number of fused-ring (bicyclic) bond motifs is 2. The summed E-state index contributed by atoms with van der Waals surface area (Å²) in [4.78, 5) is 28.9. The van der Waals surface area contributed by atoms with Crippen molar-refractivity contribution in [2.24, 2.45) is 5.92 Å². The van der Waals surface area contributed by atoms with E-state index < -0.39 is 0 Å². The Kier molecular flexibility index (Phi) is 6.63. The van der Waals surface area contributed by atoms with E-state index in [0.717, 1.165) is 61.4 Å². The second-order valence-electron chi connectivity index (χ2n) is 11.2. The van der Waals surface area contributed by atoms with Gasteiger partial charge in [0.2, 0.25) is 5.91 Å². The van der Waals surface area contributed by atoms with E-state index in [2.05, 4.69) is 57.8 Å². The Morgan fingerprint density at radius 1 is 0.829 bits per heavy atom. The van der Waals surface area contributed by atoms with Crippen molar-refractivity contribution in [3.05, 3.63) is 124 Å². The molecule has 1 aliphatic heterocycles. The first-order chi connectivity index (χ1) is 20.1. The van der Waals surface area contributed by atoms with E-state index in [4.69, 9.17) is 0 Å². The van der Waals surface area contributed by atoms with E-state index in [0.29, 0.717) is 5.65 Å². The van der Waals surface area contributed by atoms with Crippen LogP contribution >= 0.6 is 0 Å². The lowest BCUT2D eigenvalue weighted by Crippen LogP contribution is -2.38. The maximum atomic E-state index is 13.8. The summed E-state index contributed by atoms with van der Waals surface area (Å²) in [6.07, 6.45) is 7.00. The molecule has 0 radical (unpaired) electrons. The van der Waals surface area contributed by atoms with Gasteiger partial charge in [-0.25, -0.2) is 9.20 Å². The first-order valence-corrected chi connectivity index (χ1v) is 14.5. The van der Waals surface area contributed by atoms with Gasteiger partial charge in [0.15, 0.2) is 5.65 Å². The number of amides is 1. The lowest BCUT2D eigenvalue weighted by Gasteiger charge is -2.37. The molecule has 1 aliphatic carbocycles. The molecule has 2 aliphatic rings. The molecule has 1 fully saturated rings. The van der Waals surface area contributed by atoms with Crippen LogP contribution in [-0.2, 0) is 17.6 Å². The monoisotopic (exact) mass is 543 g/mol. The fourth-order valence-corrected chi connectivity index (χ4v) is 6.56. The molecule has 41 heavy (non-hydrogen) atoms. The van der Waals surface area contributed by atoms with Gasteiger partial charge in [-0.1, -0.05) is 42.5 Å². The summed E-state index contributed by atoms with van der Waals surface area (Å²) in [5.74, 6) is 0.129. The number of aromatic nitrogens is 3. The molecule has 1 saturated heterocycles. The van der Waals surface area contributed by atoms with Crippen molar-refractivity contribution in [3.8, 4) is 5.69 Å². The Bertz CT molecular complexity index is 1750. The maximum absolute atomic E-state index is 13.8. The zero-order valence-electron chi connectivity index (χ0n) is 22.9. The Morgan fingerprint density at radius 3 is 2.34 bits per heavy atom. The van der Waals surface area contributed by atoms with Crippen LogP contribution in [0, 0.1) is 5.92 Å². The number of carbonyl (C=O) groups excluding carboxylic acids is 1. The molecular formula is C34H33N5O2. The topological polar surface area (TPSA) is 71.6 Å². The predicted octanol–water partition coefficient (Wildman–Crippen LogP) is 5.61. The fourth-order valence-electron chi connectivity index (χ4n) is 6.56. The number of anilines is 2. The van der Waals surface area contributed by atoms with Gasteiger partial charge < -0.3 is 10.2 Å². The smallest absolute Gasteiger partial charge is 0.355 e. The van der Waals surface area contributed by atoms with Crippen molar-refractivity contribution in [3.63, 3.8) is 0 Å². The number of pyridine rings is 1. The zero-order valence-corrected chi connectivity index (χ0v) is 22.9.